The molecule has 0 fully saturated rings. The van der Waals surface area contributed by atoms with Gasteiger partial charge in [0.2, 0.25) is 0 Å². The van der Waals surface area contributed by atoms with Crippen LogP contribution in [0.5, 0.6) is 5.75 Å². The van der Waals surface area contributed by atoms with Crippen LogP contribution in [0, 0.1) is 5.82 Å². The van der Waals surface area contributed by atoms with Crippen LogP contribution in [-0.4, -0.2) is 25.2 Å². The Kier molecular flexibility index (Phi) is 4.29. The van der Waals surface area contributed by atoms with Crippen LogP contribution < -0.4 is 10.1 Å². The minimum absolute atomic E-state index is 0.133. The highest BCUT2D eigenvalue weighted by Crippen LogP contribution is 2.31. The van der Waals surface area contributed by atoms with Gasteiger partial charge in [-0.2, -0.15) is 0 Å². The Bertz CT molecular complexity index is 912. The van der Waals surface area contributed by atoms with E-state index in [1.165, 1.54) is 31.4 Å². The number of rotatable bonds is 4. The second-order valence-electron chi connectivity index (χ2n) is 5.03. The van der Waals surface area contributed by atoms with Crippen molar-refractivity contribution in [2.45, 2.75) is 0 Å². The minimum Gasteiger partial charge on any atom is -0.495 e. The van der Waals surface area contributed by atoms with Crippen LogP contribution in [-0.2, 0) is 4.74 Å². The van der Waals surface area contributed by atoms with Gasteiger partial charge in [-0.15, -0.1) is 0 Å². The molecule has 0 atom stereocenters. The van der Waals surface area contributed by atoms with Gasteiger partial charge in [0, 0.05) is 5.39 Å². The molecule has 24 heavy (non-hydrogen) atoms. The van der Waals surface area contributed by atoms with Crippen LogP contribution in [0.3, 0.4) is 0 Å². The van der Waals surface area contributed by atoms with Crippen molar-refractivity contribution in [2.75, 3.05) is 19.5 Å². The molecule has 0 radical (unpaired) electrons. The van der Waals surface area contributed by atoms with E-state index < -0.39 is 11.8 Å². The molecule has 1 heterocycles. The first kappa shape index (κ1) is 15.7. The maximum absolute atomic E-state index is 13.7. The standard InChI is InChI=1S/C18H15FN2O3/c1-23-17-6-4-3-5-14(17)21-15-10-16(18(22)24-2)20-13-8-7-11(19)9-12(13)15/h3-10H,1-2H3,(H,20,21). The number of hydrogen-bond acceptors (Lipinski definition) is 5. The lowest BCUT2D eigenvalue weighted by molar-refractivity contribution is 0.0594. The molecule has 1 N–H and O–H groups in total. The van der Waals surface area contributed by atoms with E-state index in [1.807, 2.05) is 18.2 Å². The SMILES string of the molecule is COC(=O)c1cc(Nc2ccccc2OC)c2cc(F)ccc2n1. The van der Waals surface area contributed by atoms with Gasteiger partial charge < -0.3 is 14.8 Å². The molecule has 3 rings (SSSR count). The van der Waals surface area contributed by atoms with Gasteiger partial charge in [0.1, 0.15) is 11.6 Å². The van der Waals surface area contributed by atoms with Gasteiger partial charge >= 0.3 is 5.97 Å². The molecule has 0 aliphatic carbocycles. The van der Waals surface area contributed by atoms with Crippen molar-refractivity contribution < 1.29 is 18.7 Å². The Balaban J connectivity index is 2.17. The average Bonchev–Trinajstić information content (AvgIpc) is 2.61. The van der Waals surface area contributed by atoms with Crippen LogP contribution in [0.25, 0.3) is 10.9 Å². The van der Waals surface area contributed by atoms with Crippen molar-refractivity contribution >= 4 is 28.2 Å². The van der Waals surface area contributed by atoms with E-state index in [0.717, 1.165) is 0 Å². The van der Waals surface area contributed by atoms with Crippen molar-refractivity contribution in [3.05, 3.63) is 60.0 Å². The number of methoxy groups -OCH3 is 2. The summed E-state index contributed by atoms with van der Waals surface area (Å²) in [4.78, 5) is 16.1. The lowest BCUT2D eigenvalue weighted by Crippen LogP contribution is -2.06. The average molecular weight is 326 g/mol. The number of fused-ring (bicyclic) bond motifs is 1. The molecule has 0 saturated carbocycles. The predicted molar refractivity (Wildman–Crippen MR) is 89.3 cm³/mol. The fourth-order valence-electron chi connectivity index (χ4n) is 2.40. The molecule has 1 aromatic heterocycles. The molecule has 2 aromatic carbocycles. The van der Waals surface area contributed by atoms with Crippen molar-refractivity contribution in [3.63, 3.8) is 0 Å². The Morgan fingerprint density at radius 2 is 1.88 bits per heavy atom. The molecule has 0 saturated heterocycles. The maximum Gasteiger partial charge on any atom is 0.356 e. The Hall–Kier alpha value is -3.15. The number of aromatic nitrogens is 1. The number of nitrogens with one attached hydrogen (secondary N) is 1. The number of esters is 1. The highest BCUT2D eigenvalue weighted by Gasteiger charge is 2.14. The Morgan fingerprint density at radius 1 is 1.08 bits per heavy atom. The normalized spacial score (nSPS) is 10.5. The fourth-order valence-corrected chi connectivity index (χ4v) is 2.40. The highest BCUT2D eigenvalue weighted by atomic mass is 19.1. The third-order valence-electron chi connectivity index (χ3n) is 3.54. The molecule has 5 nitrogen and oxygen atoms in total. The van der Waals surface area contributed by atoms with Crippen LogP contribution in [0.4, 0.5) is 15.8 Å². The van der Waals surface area contributed by atoms with Gasteiger partial charge in [0.25, 0.3) is 0 Å². The third-order valence-corrected chi connectivity index (χ3v) is 3.54. The van der Waals surface area contributed by atoms with Gasteiger partial charge in [-0.1, -0.05) is 12.1 Å². The van der Waals surface area contributed by atoms with Gasteiger partial charge in [-0.3, -0.25) is 0 Å². The number of halogens is 1. The summed E-state index contributed by atoms with van der Waals surface area (Å²) in [5.41, 5.74) is 1.84. The first-order valence-electron chi connectivity index (χ1n) is 7.21. The minimum atomic E-state index is -0.565. The quantitative estimate of drug-likeness (QED) is 0.737. The summed E-state index contributed by atoms with van der Waals surface area (Å²) in [5, 5.41) is 3.72. The second-order valence-corrected chi connectivity index (χ2v) is 5.03. The van der Waals surface area contributed by atoms with Crippen LogP contribution >= 0.6 is 0 Å². The van der Waals surface area contributed by atoms with E-state index in [1.54, 1.807) is 13.2 Å². The number of hydrogen-bond donors (Lipinski definition) is 1. The van der Waals surface area contributed by atoms with Crippen molar-refractivity contribution in [3.8, 4) is 5.75 Å². The number of anilines is 2. The van der Waals surface area contributed by atoms with Crippen molar-refractivity contribution in [2.24, 2.45) is 0 Å². The van der Waals surface area contributed by atoms with Gasteiger partial charge in [0.15, 0.2) is 5.69 Å². The predicted octanol–water partition coefficient (Wildman–Crippen LogP) is 3.91. The lowest BCUT2D eigenvalue weighted by Gasteiger charge is -2.14. The molecule has 6 heteroatoms. The summed E-state index contributed by atoms with van der Waals surface area (Å²) in [6.07, 6.45) is 0. The third kappa shape index (κ3) is 2.99. The van der Waals surface area contributed by atoms with Gasteiger partial charge in [-0.05, 0) is 36.4 Å². The first-order chi connectivity index (χ1) is 11.6. The van der Waals surface area contributed by atoms with Crippen LogP contribution in [0.15, 0.2) is 48.5 Å². The Morgan fingerprint density at radius 3 is 2.62 bits per heavy atom. The zero-order valence-electron chi connectivity index (χ0n) is 13.2. The summed E-state index contributed by atoms with van der Waals surface area (Å²) in [6, 6.07) is 13.0. The molecular formula is C18H15FN2O3. The van der Waals surface area contributed by atoms with Crippen LogP contribution in [0.2, 0.25) is 0 Å². The summed E-state index contributed by atoms with van der Waals surface area (Å²) in [7, 11) is 2.84. The lowest BCUT2D eigenvalue weighted by atomic mass is 10.1. The van der Waals surface area contributed by atoms with Gasteiger partial charge in [-0.25, -0.2) is 14.2 Å². The summed E-state index contributed by atoms with van der Waals surface area (Å²) >= 11 is 0. The summed E-state index contributed by atoms with van der Waals surface area (Å²) in [5.74, 6) is -0.332. The number of ether oxygens (including phenoxy) is 2. The highest BCUT2D eigenvalue weighted by molar-refractivity contribution is 5.99. The van der Waals surface area contributed by atoms with E-state index in [9.17, 15) is 9.18 Å². The smallest absolute Gasteiger partial charge is 0.356 e. The maximum atomic E-state index is 13.7. The van der Waals surface area contributed by atoms with E-state index in [0.29, 0.717) is 28.0 Å². The van der Waals surface area contributed by atoms with Gasteiger partial charge in [0.05, 0.1) is 31.1 Å². The largest absolute Gasteiger partial charge is 0.495 e. The zero-order valence-corrected chi connectivity index (χ0v) is 13.2. The second kappa shape index (κ2) is 6.54. The van der Waals surface area contributed by atoms with E-state index >= 15 is 0 Å². The molecule has 0 amide bonds. The topological polar surface area (TPSA) is 60.5 Å². The number of para-hydroxylation sites is 2. The van der Waals surface area contributed by atoms with E-state index in [-0.39, 0.29) is 5.69 Å². The molecule has 0 aliphatic heterocycles. The van der Waals surface area contributed by atoms with Crippen LogP contribution in [0.1, 0.15) is 10.5 Å². The molecule has 3 aromatic rings. The molecule has 122 valence electrons. The molecular weight excluding hydrogens is 311 g/mol. The molecule has 0 aliphatic rings. The molecule has 0 bridgehead atoms. The monoisotopic (exact) mass is 326 g/mol. The summed E-state index contributed by atoms with van der Waals surface area (Å²) in [6.45, 7) is 0. The number of nitrogens with zero attached hydrogens (tertiary/aromatic N) is 1. The Labute approximate surface area is 138 Å². The first-order valence-corrected chi connectivity index (χ1v) is 7.21. The van der Waals surface area contributed by atoms with Crippen molar-refractivity contribution in [1.29, 1.82) is 0 Å². The molecule has 0 spiro atoms. The number of pyridine rings is 1. The fraction of sp³-hybridized carbons (Fsp3) is 0.111. The van der Waals surface area contributed by atoms with Crippen molar-refractivity contribution in [1.82, 2.24) is 4.98 Å². The number of carbonyl (C=O) groups is 1. The molecule has 0 unspecified atom stereocenters. The van der Waals surface area contributed by atoms with E-state index in [4.69, 9.17) is 9.47 Å². The number of carbonyl (C=O) groups excluding carboxylic acids is 1. The zero-order chi connectivity index (χ0) is 17.1. The summed E-state index contributed by atoms with van der Waals surface area (Å²) < 4.78 is 23.7. The van der Waals surface area contributed by atoms with E-state index in [2.05, 4.69) is 10.3 Å². The number of benzene rings is 2.